The first kappa shape index (κ1) is 82.0. The van der Waals surface area contributed by atoms with Crippen LogP contribution in [0.15, 0.2) is 456 Å². The number of hydrogen-bond donors (Lipinski definition) is 0. The van der Waals surface area contributed by atoms with Crippen molar-refractivity contribution in [3.05, 3.63) is 476 Å². The first-order valence-electron chi connectivity index (χ1n) is 48.5. The van der Waals surface area contributed by atoms with Gasteiger partial charge in [0.2, 0.25) is 17.7 Å². The Hall–Kier alpha value is -17.5. The summed E-state index contributed by atoms with van der Waals surface area (Å²) in [7, 11) is 0. The molecule has 0 saturated carbocycles. The van der Waals surface area contributed by atoms with Crippen molar-refractivity contribution in [1.82, 2.24) is 15.0 Å². The van der Waals surface area contributed by atoms with E-state index < -0.39 is 0 Å². The summed E-state index contributed by atoms with van der Waals surface area (Å²) in [6, 6.07) is 160. The topological polar surface area (TPSA) is 78.1 Å². The van der Waals surface area contributed by atoms with Gasteiger partial charge in [-0.15, -0.1) is 0 Å². The average Bonchev–Trinajstić information content (AvgIpc) is 1.56. The SMILES string of the molecule is CC1(C)c2cc(-c3cccc(-c4ccc5ccc6ccc7nc(-c8ccccc8)oc7c6c5c4)c3)ccc2-c2c1ccc1ccccc21.CC1(C)c2cc(-c3cccc(-c4ccc5ccc6ccc7nc(-c8ccccc8)oc7c6c5c4)c3)ccc2-c2ccc3ccccc3c21.CC1(C)c2ccccc2-c2ccc(-c3cccc(-c4ccc5ccc6ccc7nc(-c8ccccc8)oc7c6c5c4)c3)cc21. The normalized spacial score (nSPS) is 13.4. The summed E-state index contributed by atoms with van der Waals surface area (Å²) in [5.74, 6) is 1.94. The van der Waals surface area contributed by atoms with Gasteiger partial charge in [-0.1, -0.05) is 375 Å². The third-order valence-corrected chi connectivity index (χ3v) is 30.4. The minimum Gasteiger partial charge on any atom is -0.435 e. The molecule has 3 aliphatic carbocycles. The van der Waals surface area contributed by atoms with Crippen molar-refractivity contribution in [2.45, 2.75) is 57.8 Å². The molecular formula is C134H91N3O3. The Morgan fingerprint density at radius 1 is 0.171 bits per heavy atom. The highest BCUT2D eigenvalue weighted by Gasteiger charge is 2.40. The van der Waals surface area contributed by atoms with E-state index in [1.807, 2.05) is 91.0 Å². The van der Waals surface area contributed by atoms with Crippen molar-refractivity contribution in [3.63, 3.8) is 0 Å². The van der Waals surface area contributed by atoms with Gasteiger partial charge in [-0.3, -0.25) is 0 Å². The fourth-order valence-corrected chi connectivity index (χ4v) is 23.2. The van der Waals surface area contributed by atoms with Crippen LogP contribution in [0, 0.1) is 0 Å². The zero-order chi connectivity index (χ0) is 93.4. The fourth-order valence-electron chi connectivity index (χ4n) is 23.2. The lowest BCUT2D eigenvalue weighted by Crippen LogP contribution is -2.15. The second-order valence-electron chi connectivity index (χ2n) is 39.6. The first-order chi connectivity index (χ1) is 68.6. The largest absolute Gasteiger partial charge is 0.435 e. The molecule has 3 aliphatic rings. The highest BCUT2D eigenvalue weighted by molar-refractivity contribution is 6.22. The van der Waals surface area contributed by atoms with Crippen molar-refractivity contribution < 1.29 is 13.3 Å². The summed E-state index contributed by atoms with van der Waals surface area (Å²) in [5, 5.41) is 19.1. The van der Waals surface area contributed by atoms with Crippen LogP contribution in [0.25, 0.3) is 254 Å². The van der Waals surface area contributed by atoms with Gasteiger partial charge in [-0.05, 0) is 313 Å². The molecule has 23 aromatic carbocycles. The number of hydrogen-bond acceptors (Lipinski definition) is 6. The van der Waals surface area contributed by atoms with Crippen LogP contribution in [0.3, 0.4) is 0 Å². The summed E-state index contributed by atoms with van der Waals surface area (Å²) in [4.78, 5) is 14.6. The Morgan fingerprint density at radius 3 is 0.893 bits per heavy atom. The monoisotopic (exact) mass is 1790 g/mol. The van der Waals surface area contributed by atoms with Crippen LogP contribution in [-0.4, -0.2) is 15.0 Å². The van der Waals surface area contributed by atoms with E-state index in [4.69, 9.17) is 28.2 Å². The molecule has 0 radical (unpaired) electrons. The van der Waals surface area contributed by atoms with E-state index in [1.54, 1.807) is 0 Å². The highest BCUT2D eigenvalue weighted by Crippen LogP contribution is 2.56. The number of benzene rings is 23. The lowest BCUT2D eigenvalue weighted by Gasteiger charge is -2.23. The lowest BCUT2D eigenvalue weighted by molar-refractivity contribution is 0.623. The lowest BCUT2D eigenvalue weighted by atomic mass is 9.79. The van der Waals surface area contributed by atoms with Crippen molar-refractivity contribution in [2.75, 3.05) is 0 Å². The molecule has 0 unspecified atom stereocenters. The molecule has 0 aliphatic heterocycles. The zero-order valence-electron chi connectivity index (χ0n) is 78.2. The molecule has 29 rings (SSSR count). The number of rotatable bonds is 9. The zero-order valence-corrected chi connectivity index (χ0v) is 78.2. The van der Waals surface area contributed by atoms with E-state index in [0.29, 0.717) is 17.7 Å². The molecular weight excluding hydrogens is 1700 g/mol. The molecule has 0 N–H and O–H groups in total. The van der Waals surface area contributed by atoms with Gasteiger partial charge in [0.15, 0.2) is 16.7 Å². The predicted octanol–water partition coefficient (Wildman–Crippen LogP) is 36.6. The summed E-state index contributed by atoms with van der Waals surface area (Å²) >= 11 is 0. The minimum absolute atomic E-state index is 0.0225. The third kappa shape index (κ3) is 13.3. The van der Waals surface area contributed by atoms with Gasteiger partial charge in [0.25, 0.3) is 0 Å². The molecule has 0 amide bonds. The summed E-state index contributed by atoms with van der Waals surface area (Å²) in [6.45, 7) is 14.1. The number of nitrogens with zero attached hydrogens (tertiary/aromatic N) is 3. The Kier molecular flexibility index (Phi) is 18.7. The predicted molar refractivity (Wildman–Crippen MR) is 584 cm³/mol. The molecule has 0 saturated heterocycles. The molecule has 3 aromatic heterocycles. The van der Waals surface area contributed by atoms with Gasteiger partial charge in [-0.2, -0.15) is 0 Å². The quantitative estimate of drug-likeness (QED) is 0.134. The van der Waals surface area contributed by atoms with Crippen LogP contribution in [0.5, 0.6) is 0 Å². The van der Waals surface area contributed by atoms with Crippen LogP contribution < -0.4 is 0 Å². The maximum absolute atomic E-state index is 6.49. The number of oxazole rings is 3. The molecule has 140 heavy (non-hydrogen) atoms. The Labute approximate surface area is 810 Å². The van der Waals surface area contributed by atoms with Gasteiger partial charge in [0.05, 0.1) is 0 Å². The fraction of sp³-hybridized carbons (Fsp3) is 0.0672. The maximum atomic E-state index is 6.49. The smallest absolute Gasteiger partial charge is 0.227 e. The Balaban J connectivity index is 0.000000106. The van der Waals surface area contributed by atoms with E-state index in [1.165, 1.54) is 187 Å². The molecule has 0 bridgehead atoms. The minimum atomic E-state index is -0.0923. The maximum Gasteiger partial charge on any atom is 0.227 e. The molecule has 3 heterocycles. The van der Waals surface area contributed by atoms with E-state index in [-0.39, 0.29) is 16.2 Å². The van der Waals surface area contributed by atoms with Crippen LogP contribution >= 0.6 is 0 Å². The van der Waals surface area contributed by atoms with Crippen LogP contribution in [0.1, 0.15) is 74.9 Å². The van der Waals surface area contributed by atoms with E-state index >= 15 is 0 Å². The summed E-state index contributed by atoms with van der Waals surface area (Å²) in [5.41, 5.74) is 38.9. The molecule has 26 aromatic rings. The average molecular weight is 1790 g/mol. The van der Waals surface area contributed by atoms with Crippen molar-refractivity contribution >= 4 is 119 Å². The molecule has 660 valence electrons. The van der Waals surface area contributed by atoms with Crippen molar-refractivity contribution in [3.8, 4) is 135 Å². The standard InChI is InChI=1S/2C46H31NO.C42H29NO/c1-46(2)40-27-35(20-22-37(40)38-23-19-28-9-6-7-14-36(28)43(38)46)33-13-8-12-32(25-33)34-18-16-29-15-17-30-21-24-41-44(42(30)39(29)26-34)48-45(47-41)31-10-4-3-5-11-31;1-46(2)39-23-20-28-9-6-7-14-36(28)43(39)37-22-19-35(27-40(37)46)33-13-8-12-32(25-33)34-18-16-29-15-17-30-21-24-41-44(42(30)38(29)26-34)48-45(47-41)31-10-4-3-5-11-31;1-42(2)36-14-7-6-13-33(36)34-21-19-32(25-37(34)42)30-12-8-11-29(23-30)31-18-16-26-15-17-27-20-22-38-40(39(27)35(26)24-31)44-41(43-38)28-9-4-3-5-10-28/h2*3-27H,1-2H3;3-25H,1-2H3. The number of aromatic nitrogens is 3. The van der Waals surface area contributed by atoms with Crippen LogP contribution in [0.2, 0.25) is 0 Å². The van der Waals surface area contributed by atoms with Crippen LogP contribution in [-0.2, 0) is 16.2 Å². The van der Waals surface area contributed by atoms with Gasteiger partial charge in [0, 0.05) is 49.1 Å². The van der Waals surface area contributed by atoms with E-state index in [9.17, 15) is 0 Å². The second kappa shape index (κ2) is 31.8. The van der Waals surface area contributed by atoms with Gasteiger partial charge < -0.3 is 13.3 Å². The Morgan fingerprint density at radius 2 is 0.450 bits per heavy atom. The number of fused-ring (bicyclic) bond motifs is 28. The second-order valence-corrected chi connectivity index (χ2v) is 39.6. The molecule has 6 nitrogen and oxygen atoms in total. The van der Waals surface area contributed by atoms with Gasteiger partial charge in [0.1, 0.15) is 16.6 Å². The van der Waals surface area contributed by atoms with Crippen molar-refractivity contribution in [2.24, 2.45) is 0 Å². The van der Waals surface area contributed by atoms with Crippen molar-refractivity contribution in [1.29, 1.82) is 0 Å². The van der Waals surface area contributed by atoms with Gasteiger partial charge in [-0.25, -0.2) is 15.0 Å². The summed E-state index contributed by atoms with van der Waals surface area (Å²) < 4.78 is 19.4. The van der Waals surface area contributed by atoms with E-state index in [0.717, 1.165) is 82.3 Å². The first-order valence-corrected chi connectivity index (χ1v) is 48.5. The molecule has 0 fully saturated rings. The summed E-state index contributed by atoms with van der Waals surface area (Å²) in [6.07, 6.45) is 0. The molecule has 0 spiro atoms. The van der Waals surface area contributed by atoms with Crippen LogP contribution in [0.4, 0.5) is 0 Å². The third-order valence-electron chi connectivity index (χ3n) is 30.4. The Bertz CT molecular complexity index is 9670. The molecule has 6 heteroatoms. The van der Waals surface area contributed by atoms with Gasteiger partial charge >= 0.3 is 0 Å². The molecule has 0 atom stereocenters. The highest BCUT2D eigenvalue weighted by atomic mass is 16.4. The van der Waals surface area contributed by atoms with E-state index in [2.05, 4.69) is 393 Å².